The molecule has 3 rings (SSSR count). The number of hydrogen-bond acceptors (Lipinski definition) is 5. The summed E-state index contributed by atoms with van der Waals surface area (Å²) in [4.78, 5) is 25.1. The minimum Gasteiger partial charge on any atom is -0.355 e. The van der Waals surface area contributed by atoms with Crippen LogP contribution in [0.2, 0.25) is 0 Å². The topological polar surface area (TPSA) is 61.4 Å². The molecule has 1 atom stereocenters. The first kappa shape index (κ1) is 16.4. The number of benzene rings is 1. The third kappa shape index (κ3) is 3.38. The van der Waals surface area contributed by atoms with Crippen LogP contribution in [0.4, 0.5) is 5.82 Å². The van der Waals surface area contributed by atoms with E-state index in [9.17, 15) is 4.79 Å². The lowest BCUT2D eigenvalue weighted by molar-refractivity contribution is 0.0962. The number of piperazine rings is 1. The van der Waals surface area contributed by atoms with Gasteiger partial charge in [-0.3, -0.25) is 9.69 Å². The highest BCUT2D eigenvalue weighted by Gasteiger charge is 2.27. The molecule has 1 aliphatic heterocycles. The second-order valence-corrected chi connectivity index (χ2v) is 6.16. The maximum Gasteiger partial charge on any atom is 0.251 e. The molecule has 6 heteroatoms. The molecule has 1 aromatic heterocycles. The van der Waals surface area contributed by atoms with E-state index in [4.69, 9.17) is 0 Å². The summed E-state index contributed by atoms with van der Waals surface area (Å²) in [5.41, 5.74) is 2.81. The molecule has 1 aromatic carbocycles. The number of aryl methyl sites for hydroxylation is 1. The number of likely N-dealkylation sites (N-methyl/N-ethyl adjacent to an activating group) is 1. The lowest BCUT2D eigenvalue weighted by Gasteiger charge is -2.40. The van der Waals surface area contributed by atoms with Gasteiger partial charge in [-0.1, -0.05) is 12.1 Å². The number of aromatic nitrogens is 2. The Morgan fingerprint density at radius 3 is 2.83 bits per heavy atom. The summed E-state index contributed by atoms with van der Waals surface area (Å²) < 4.78 is 0. The van der Waals surface area contributed by atoms with Gasteiger partial charge in [0.05, 0.1) is 6.04 Å². The molecule has 0 aliphatic carbocycles. The third-order valence-corrected chi connectivity index (χ3v) is 4.52. The number of nitrogens with zero attached hydrogens (tertiary/aromatic N) is 4. The molecule has 1 aliphatic rings. The highest BCUT2D eigenvalue weighted by atomic mass is 16.1. The maximum absolute atomic E-state index is 11.9. The molecule has 0 unspecified atom stereocenters. The van der Waals surface area contributed by atoms with Crippen molar-refractivity contribution in [2.24, 2.45) is 0 Å². The number of rotatable bonds is 3. The van der Waals surface area contributed by atoms with Crippen LogP contribution in [0.3, 0.4) is 0 Å². The van der Waals surface area contributed by atoms with E-state index in [2.05, 4.69) is 38.2 Å². The molecule has 126 valence electrons. The van der Waals surface area contributed by atoms with Gasteiger partial charge in [-0.05, 0) is 31.7 Å². The number of carbonyl (C=O) groups excluding carboxylic acids is 1. The van der Waals surface area contributed by atoms with Gasteiger partial charge in [-0.2, -0.15) is 0 Å². The largest absolute Gasteiger partial charge is 0.355 e. The molecule has 2 heterocycles. The Kier molecular flexibility index (Phi) is 4.76. The quantitative estimate of drug-likeness (QED) is 0.929. The van der Waals surface area contributed by atoms with Crippen LogP contribution in [0.25, 0.3) is 0 Å². The minimum absolute atomic E-state index is 0.0569. The predicted octanol–water partition coefficient (Wildman–Crippen LogP) is 1.64. The van der Waals surface area contributed by atoms with E-state index < -0.39 is 0 Å². The first-order valence-electron chi connectivity index (χ1n) is 8.14. The number of carbonyl (C=O) groups is 1. The zero-order valence-electron chi connectivity index (χ0n) is 14.4. The van der Waals surface area contributed by atoms with Crippen LogP contribution in [0, 0.1) is 6.92 Å². The van der Waals surface area contributed by atoms with E-state index in [-0.39, 0.29) is 11.9 Å². The Morgan fingerprint density at radius 2 is 2.08 bits per heavy atom. The zero-order chi connectivity index (χ0) is 17.1. The van der Waals surface area contributed by atoms with Crippen molar-refractivity contribution in [3.63, 3.8) is 0 Å². The number of anilines is 1. The molecule has 2 aromatic rings. The molecule has 1 fully saturated rings. The van der Waals surface area contributed by atoms with Gasteiger partial charge in [0, 0.05) is 44.0 Å². The van der Waals surface area contributed by atoms with E-state index in [0.29, 0.717) is 5.56 Å². The summed E-state index contributed by atoms with van der Waals surface area (Å²) in [6, 6.07) is 10.1. The van der Waals surface area contributed by atoms with Crippen LogP contribution in [0.1, 0.15) is 27.7 Å². The van der Waals surface area contributed by atoms with E-state index in [1.54, 1.807) is 13.4 Å². The van der Waals surface area contributed by atoms with Gasteiger partial charge >= 0.3 is 0 Å². The predicted molar refractivity (Wildman–Crippen MR) is 94.2 cm³/mol. The molecule has 1 amide bonds. The third-order valence-electron chi connectivity index (χ3n) is 4.52. The molecule has 0 saturated carbocycles. The van der Waals surface area contributed by atoms with Gasteiger partial charge < -0.3 is 10.2 Å². The highest BCUT2D eigenvalue weighted by molar-refractivity contribution is 5.94. The fourth-order valence-corrected chi connectivity index (χ4v) is 3.09. The molecular weight excluding hydrogens is 302 g/mol. The summed E-state index contributed by atoms with van der Waals surface area (Å²) in [6.07, 6.45) is 1.62. The Hall–Kier alpha value is -2.47. The average Bonchev–Trinajstić information content (AvgIpc) is 2.61. The smallest absolute Gasteiger partial charge is 0.251 e. The second kappa shape index (κ2) is 6.97. The van der Waals surface area contributed by atoms with Crippen molar-refractivity contribution in [3.8, 4) is 0 Å². The van der Waals surface area contributed by atoms with E-state index in [1.165, 1.54) is 0 Å². The molecule has 6 nitrogen and oxygen atoms in total. The Bertz CT molecular complexity index is 733. The average molecular weight is 325 g/mol. The van der Waals surface area contributed by atoms with Crippen molar-refractivity contribution >= 4 is 11.7 Å². The molecule has 1 saturated heterocycles. The van der Waals surface area contributed by atoms with E-state index in [0.717, 1.165) is 36.7 Å². The molecule has 1 N–H and O–H groups in total. The first-order valence-corrected chi connectivity index (χ1v) is 8.14. The number of amides is 1. The number of nitrogens with one attached hydrogen (secondary N) is 1. The molecule has 0 spiro atoms. The lowest BCUT2D eigenvalue weighted by atomic mass is 10.00. The van der Waals surface area contributed by atoms with Gasteiger partial charge in [0.2, 0.25) is 0 Å². The SMILES string of the molecule is CNC(=O)c1cccc([C@@H]2CN(c3cc(C)ncn3)CCN2C)c1. The normalized spacial score (nSPS) is 18.5. The van der Waals surface area contributed by atoms with Crippen LogP contribution >= 0.6 is 0 Å². The van der Waals surface area contributed by atoms with Crippen molar-refractivity contribution < 1.29 is 4.79 Å². The van der Waals surface area contributed by atoms with Gasteiger partial charge in [0.25, 0.3) is 5.91 Å². The Labute approximate surface area is 142 Å². The summed E-state index contributed by atoms with van der Waals surface area (Å²) in [5, 5.41) is 2.68. The van der Waals surface area contributed by atoms with Crippen LogP contribution < -0.4 is 10.2 Å². The highest BCUT2D eigenvalue weighted by Crippen LogP contribution is 2.27. The van der Waals surface area contributed by atoms with Crippen molar-refractivity contribution in [1.29, 1.82) is 0 Å². The fourth-order valence-electron chi connectivity index (χ4n) is 3.09. The van der Waals surface area contributed by atoms with Crippen LogP contribution in [-0.4, -0.2) is 54.5 Å². The van der Waals surface area contributed by atoms with Crippen molar-refractivity contribution in [2.45, 2.75) is 13.0 Å². The number of hydrogen-bond donors (Lipinski definition) is 1. The van der Waals surface area contributed by atoms with Crippen molar-refractivity contribution in [3.05, 3.63) is 53.5 Å². The minimum atomic E-state index is -0.0569. The van der Waals surface area contributed by atoms with E-state index >= 15 is 0 Å². The van der Waals surface area contributed by atoms with E-state index in [1.807, 2.05) is 31.2 Å². The Balaban J connectivity index is 1.85. The van der Waals surface area contributed by atoms with Crippen LogP contribution in [0.5, 0.6) is 0 Å². The Morgan fingerprint density at radius 1 is 1.25 bits per heavy atom. The van der Waals surface area contributed by atoms with Gasteiger partial charge in [-0.15, -0.1) is 0 Å². The molecule has 0 bridgehead atoms. The van der Waals surface area contributed by atoms with Gasteiger partial charge in [-0.25, -0.2) is 9.97 Å². The monoisotopic (exact) mass is 325 g/mol. The molecule has 24 heavy (non-hydrogen) atoms. The summed E-state index contributed by atoms with van der Waals surface area (Å²) in [6.45, 7) is 4.69. The second-order valence-electron chi connectivity index (χ2n) is 6.16. The van der Waals surface area contributed by atoms with Crippen molar-refractivity contribution in [2.75, 3.05) is 38.6 Å². The summed E-state index contributed by atoms with van der Waals surface area (Å²) in [7, 11) is 3.78. The lowest BCUT2D eigenvalue weighted by Crippen LogP contribution is -2.47. The van der Waals surface area contributed by atoms with Crippen LogP contribution in [-0.2, 0) is 0 Å². The maximum atomic E-state index is 11.9. The zero-order valence-corrected chi connectivity index (χ0v) is 14.4. The van der Waals surface area contributed by atoms with Gasteiger partial charge in [0.15, 0.2) is 0 Å². The summed E-state index contributed by atoms with van der Waals surface area (Å²) >= 11 is 0. The first-order chi connectivity index (χ1) is 11.6. The fraction of sp³-hybridized carbons (Fsp3) is 0.389. The standard InChI is InChI=1S/C18H23N5O/c1-13-9-17(21-12-20-13)23-8-7-22(3)16(11-23)14-5-4-6-15(10-14)18(24)19-2/h4-6,9-10,12,16H,7-8,11H2,1-3H3,(H,19,24)/t16-/m0/s1. The van der Waals surface area contributed by atoms with Crippen LogP contribution in [0.15, 0.2) is 36.7 Å². The molecule has 0 radical (unpaired) electrons. The summed E-state index contributed by atoms with van der Waals surface area (Å²) in [5.74, 6) is 0.904. The van der Waals surface area contributed by atoms with Gasteiger partial charge in [0.1, 0.15) is 12.1 Å². The molecular formula is C18H23N5O. The van der Waals surface area contributed by atoms with Crippen molar-refractivity contribution in [1.82, 2.24) is 20.2 Å².